The van der Waals surface area contributed by atoms with E-state index in [9.17, 15) is 0 Å². The van der Waals surface area contributed by atoms with Crippen LogP contribution in [0.2, 0.25) is 0 Å². The molecular weight excluding hydrogens is 813 g/mol. The zero-order chi connectivity index (χ0) is 42.6. The summed E-state index contributed by atoms with van der Waals surface area (Å²) in [5, 5.41) is 11.8. The molecule has 14 aromatic rings. The van der Waals surface area contributed by atoms with Crippen LogP contribution in [0.25, 0.3) is 136 Å². The van der Waals surface area contributed by atoms with Crippen molar-refractivity contribution in [2.45, 2.75) is 0 Å². The Kier molecular flexibility index (Phi) is 7.79. The number of hydrogen-bond donors (Lipinski definition) is 0. The van der Waals surface area contributed by atoms with Gasteiger partial charge in [-0.3, -0.25) is 0 Å². The number of furan rings is 1. The summed E-state index contributed by atoms with van der Waals surface area (Å²) in [6.07, 6.45) is 0. The monoisotopic (exact) mass is 846 g/mol. The van der Waals surface area contributed by atoms with Crippen molar-refractivity contribution in [3.05, 3.63) is 206 Å². The predicted molar refractivity (Wildman–Crippen MR) is 271 cm³/mol. The third-order valence-corrected chi connectivity index (χ3v) is 14.1. The minimum Gasteiger partial charge on any atom is -0.456 e. The number of thiophene rings is 1. The zero-order valence-corrected chi connectivity index (χ0v) is 35.6. The van der Waals surface area contributed by atoms with E-state index < -0.39 is 0 Å². The smallest absolute Gasteiger partial charge is 0.164 e. The van der Waals surface area contributed by atoms with Crippen LogP contribution in [0.1, 0.15) is 0 Å². The van der Waals surface area contributed by atoms with Crippen LogP contribution >= 0.6 is 11.3 Å². The Bertz CT molecular complexity index is 4260. The second-order valence-corrected chi connectivity index (χ2v) is 17.8. The van der Waals surface area contributed by atoms with Crippen molar-refractivity contribution < 1.29 is 4.42 Å². The van der Waals surface area contributed by atoms with E-state index in [0.717, 1.165) is 66.5 Å². The van der Waals surface area contributed by atoms with Gasteiger partial charge in [-0.05, 0) is 93.8 Å². The molecule has 0 aliphatic heterocycles. The van der Waals surface area contributed by atoms with Gasteiger partial charge in [0.05, 0.1) is 16.7 Å². The van der Waals surface area contributed by atoms with Gasteiger partial charge in [0.2, 0.25) is 0 Å². The Morgan fingerprint density at radius 2 is 0.985 bits per heavy atom. The van der Waals surface area contributed by atoms with Crippen LogP contribution in [-0.4, -0.2) is 19.5 Å². The molecule has 4 aromatic heterocycles. The highest BCUT2D eigenvalue weighted by molar-refractivity contribution is 7.26. The fourth-order valence-corrected chi connectivity index (χ4v) is 11.2. The summed E-state index contributed by atoms with van der Waals surface area (Å²) in [7, 11) is 0. The van der Waals surface area contributed by atoms with Crippen LogP contribution < -0.4 is 0 Å². The summed E-state index contributed by atoms with van der Waals surface area (Å²) in [5.41, 5.74) is 9.94. The fourth-order valence-electron chi connectivity index (χ4n) is 10.0. The average molecular weight is 847 g/mol. The molecule has 0 N–H and O–H groups in total. The first kappa shape index (κ1) is 36.1. The summed E-state index contributed by atoms with van der Waals surface area (Å²) in [4.78, 5) is 15.8. The molecule has 0 amide bonds. The number of rotatable bonds is 5. The van der Waals surface area contributed by atoms with Crippen molar-refractivity contribution in [1.29, 1.82) is 0 Å². The maximum Gasteiger partial charge on any atom is 0.164 e. The molecular formula is C59H34N4OS. The maximum atomic E-state index is 6.35. The van der Waals surface area contributed by atoms with Crippen LogP contribution in [-0.2, 0) is 0 Å². The largest absolute Gasteiger partial charge is 0.456 e. The molecule has 0 atom stereocenters. The SMILES string of the molecule is c1ccc(-c2nc(-c3ccc(-n4c5ccccc5c5cc6ccccc6cc54)c(-c4cccc5sc6cc7ccccc7cc6c45)c3)nc(-c3cccc4oc5ccccc5c34)n2)cc1. The van der Waals surface area contributed by atoms with Crippen molar-refractivity contribution in [1.82, 2.24) is 19.5 Å². The summed E-state index contributed by atoms with van der Waals surface area (Å²) in [5.74, 6) is 1.78. The minimum atomic E-state index is 0.587. The molecule has 0 saturated carbocycles. The Morgan fingerprint density at radius 3 is 1.82 bits per heavy atom. The third-order valence-electron chi connectivity index (χ3n) is 13.0. The predicted octanol–water partition coefficient (Wildman–Crippen LogP) is 16.2. The molecule has 4 heterocycles. The van der Waals surface area contributed by atoms with E-state index in [2.05, 4.69) is 162 Å². The van der Waals surface area contributed by atoms with Gasteiger partial charge >= 0.3 is 0 Å². The normalized spacial score (nSPS) is 12.0. The lowest BCUT2D eigenvalue weighted by molar-refractivity contribution is 0.669. The molecule has 0 bridgehead atoms. The molecule has 65 heavy (non-hydrogen) atoms. The van der Waals surface area contributed by atoms with Crippen molar-refractivity contribution >= 4 is 96.8 Å². The Labute approximate surface area is 376 Å². The van der Waals surface area contributed by atoms with Crippen LogP contribution in [0.4, 0.5) is 0 Å². The number of fused-ring (bicyclic) bond motifs is 11. The van der Waals surface area contributed by atoms with Crippen molar-refractivity contribution in [2.24, 2.45) is 0 Å². The Balaban J connectivity index is 1.08. The summed E-state index contributed by atoms with van der Waals surface area (Å²) in [6, 6.07) is 73.5. The molecule has 302 valence electrons. The molecule has 0 aliphatic carbocycles. The molecule has 0 aliphatic rings. The van der Waals surface area contributed by atoms with Gasteiger partial charge in [0.1, 0.15) is 11.2 Å². The lowest BCUT2D eigenvalue weighted by Gasteiger charge is -2.17. The van der Waals surface area contributed by atoms with Crippen molar-refractivity contribution in [3.8, 4) is 51.0 Å². The van der Waals surface area contributed by atoms with Gasteiger partial charge in [-0.1, -0.05) is 140 Å². The maximum absolute atomic E-state index is 6.35. The zero-order valence-electron chi connectivity index (χ0n) is 34.7. The average Bonchev–Trinajstić information content (AvgIpc) is 4.04. The molecule has 10 aromatic carbocycles. The first-order valence-corrected chi connectivity index (χ1v) is 22.7. The summed E-state index contributed by atoms with van der Waals surface area (Å²) in [6.45, 7) is 0. The molecule has 0 unspecified atom stereocenters. The molecule has 6 heteroatoms. The van der Waals surface area contributed by atoms with Crippen molar-refractivity contribution in [2.75, 3.05) is 0 Å². The van der Waals surface area contributed by atoms with Gasteiger partial charge < -0.3 is 8.98 Å². The standard InChI is InChI=1S/C59H34N4OS/c1-2-14-35(15-3-1)57-60-58(62-59(61-57)44-23-12-26-52-55(44)43-21-9-11-25-51(43)64-52)40-28-29-49(63-48-24-10-8-20-41(48)45-30-36-16-4-6-18-38(36)33-50(45)63)46(32-40)42-22-13-27-53-56(42)47-31-37-17-5-7-19-39(37)34-54(47)65-53/h1-34H. The molecule has 0 radical (unpaired) electrons. The number of aromatic nitrogens is 4. The van der Waals surface area contributed by atoms with E-state index in [4.69, 9.17) is 19.4 Å². The topological polar surface area (TPSA) is 56.7 Å². The van der Waals surface area contributed by atoms with E-state index in [1.807, 2.05) is 59.9 Å². The Morgan fingerprint density at radius 1 is 0.354 bits per heavy atom. The molecule has 14 rings (SSSR count). The summed E-state index contributed by atoms with van der Waals surface area (Å²) >= 11 is 1.85. The van der Waals surface area contributed by atoms with E-state index in [-0.39, 0.29) is 0 Å². The van der Waals surface area contributed by atoms with Crippen LogP contribution in [0.5, 0.6) is 0 Å². The highest BCUT2D eigenvalue weighted by Crippen LogP contribution is 2.46. The third kappa shape index (κ3) is 5.61. The van der Waals surface area contributed by atoms with E-state index >= 15 is 0 Å². The second-order valence-electron chi connectivity index (χ2n) is 16.7. The second kappa shape index (κ2) is 14.0. The van der Waals surface area contributed by atoms with Gasteiger partial charge in [-0.25, -0.2) is 15.0 Å². The quantitative estimate of drug-likeness (QED) is 0.173. The van der Waals surface area contributed by atoms with Gasteiger partial charge in [-0.2, -0.15) is 0 Å². The Hall–Kier alpha value is -8.45. The van der Waals surface area contributed by atoms with Gasteiger partial charge in [0, 0.05) is 64.0 Å². The number of benzene rings is 10. The molecule has 5 nitrogen and oxygen atoms in total. The van der Waals surface area contributed by atoms with E-state index in [1.54, 1.807) is 0 Å². The lowest BCUT2D eigenvalue weighted by Crippen LogP contribution is -2.02. The minimum absolute atomic E-state index is 0.587. The van der Waals surface area contributed by atoms with Gasteiger partial charge in [0.25, 0.3) is 0 Å². The van der Waals surface area contributed by atoms with Crippen LogP contribution in [0.15, 0.2) is 211 Å². The lowest BCUT2D eigenvalue weighted by atomic mass is 9.95. The highest BCUT2D eigenvalue weighted by atomic mass is 32.1. The first-order valence-electron chi connectivity index (χ1n) is 21.8. The van der Waals surface area contributed by atoms with Gasteiger partial charge in [0.15, 0.2) is 17.5 Å². The highest BCUT2D eigenvalue weighted by Gasteiger charge is 2.23. The first-order chi connectivity index (χ1) is 32.2. The van der Waals surface area contributed by atoms with Crippen LogP contribution in [0.3, 0.4) is 0 Å². The molecule has 0 fully saturated rings. The molecule has 0 saturated heterocycles. The van der Waals surface area contributed by atoms with Gasteiger partial charge in [-0.15, -0.1) is 11.3 Å². The number of hydrogen-bond acceptors (Lipinski definition) is 5. The van der Waals surface area contributed by atoms with E-state index in [0.29, 0.717) is 17.5 Å². The van der Waals surface area contributed by atoms with Crippen molar-refractivity contribution in [3.63, 3.8) is 0 Å². The van der Waals surface area contributed by atoms with Crippen LogP contribution in [0, 0.1) is 0 Å². The number of nitrogens with zero attached hydrogens (tertiary/aromatic N) is 4. The summed E-state index contributed by atoms with van der Waals surface area (Å²) < 4.78 is 11.3. The number of para-hydroxylation sites is 2. The van der Waals surface area contributed by atoms with E-state index in [1.165, 1.54) is 52.5 Å². The molecule has 0 spiro atoms. The fraction of sp³-hybridized carbons (Fsp3) is 0.